The lowest BCUT2D eigenvalue weighted by molar-refractivity contribution is -0.171. The van der Waals surface area contributed by atoms with Crippen LogP contribution < -0.4 is 4.90 Å². The van der Waals surface area contributed by atoms with Crippen LogP contribution in [0.5, 0.6) is 0 Å². The fourth-order valence-electron chi connectivity index (χ4n) is 4.37. The van der Waals surface area contributed by atoms with Crippen LogP contribution >= 0.6 is 11.3 Å². The van der Waals surface area contributed by atoms with Gasteiger partial charge in [0.2, 0.25) is 0 Å². The van der Waals surface area contributed by atoms with Crippen molar-refractivity contribution in [2.75, 3.05) is 18.0 Å². The minimum absolute atomic E-state index is 0.152. The Labute approximate surface area is 153 Å². The van der Waals surface area contributed by atoms with Crippen molar-refractivity contribution in [3.05, 3.63) is 16.8 Å². The maximum atomic E-state index is 10.3. The summed E-state index contributed by atoms with van der Waals surface area (Å²) in [6, 6.07) is 0. The summed E-state index contributed by atoms with van der Waals surface area (Å²) in [5, 5.41) is 11.5. The van der Waals surface area contributed by atoms with Crippen LogP contribution in [0, 0.1) is 13.8 Å². The molecule has 6 heteroatoms. The highest BCUT2D eigenvalue weighted by molar-refractivity contribution is 7.18. The minimum Gasteiger partial charge on any atom is -0.393 e. The molecule has 25 heavy (non-hydrogen) atoms. The van der Waals surface area contributed by atoms with E-state index in [2.05, 4.69) is 35.6 Å². The average molecular weight is 362 g/mol. The summed E-state index contributed by atoms with van der Waals surface area (Å²) in [5.41, 5.74) is 1.15. The normalized spacial score (nSPS) is 26.5. The van der Waals surface area contributed by atoms with E-state index in [-0.39, 0.29) is 17.8 Å². The van der Waals surface area contributed by atoms with Gasteiger partial charge in [-0.3, -0.25) is 0 Å². The number of hydrogen-bond donors (Lipinski definition) is 1. The molecule has 0 radical (unpaired) electrons. The molecule has 2 aromatic rings. The highest BCUT2D eigenvalue weighted by Crippen LogP contribution is 2.41. The Morgan fingerprint density at radius 1 is 1.32 bits per heavy atom. The second kappa shape index (κ2) is 6.49. The summed E-state index contributed by atoms with van der Waals surface area (Å²) in [7, 11) is 0. The Kier molecular flexibility index (Phi) is 4.46. The number of anilines is 1. The number of thiophene rings is 1. The molecule has 0 aliphatic carbocycles. The number of nitrogens with zero attached hydrogens (tertiary/aromatic N) is 3. The van der Waals surface area contributed by atoms with Crippen LogP contribution in [0.2, 0.25) is 0 Å². The van der Waals surface area contributed by atoms with Crippen LogP contribution in [-0.4, -0.2) is 46.0 Å². The molecule has 0 saturated carbocycles. The number of aliphatic hydroxyl groups excluding tert-OH is 1. The third kappa shape index (κ3) is 3.04. The zero-order valence-electron chi connectivity index (χ0n) is 15.3. The maximum absolute atomic E-state index is 10.3. The summed E-state index contributed by atoms with van der Waals surface area (Å²) in [6.07, 6.45) is 6.09. The van der Waals surface area contributed by atoms with Crippen molar-refractivity contribution in [3.63, 3.8) is 0 Å². The molecule has 1 spiro atoms. The van der Waals surface area contributed by atoms with Crippen molar-refractivity contribution in [1.82, 2.24) is 9.97 Å². The molecule has 1 N–H and O–H groups in total. The van der Waals surface area contributed by atoms with Gasteiger partial charge in [0, 0.05) is 24.4 Å². The summed E-state index contributed by atoms with van der Waals surface area (Å²) in [4.78, 5) is 13.8. The molecule has 2 saturated heterocycles. The van der Waals surface area contributed by atoms with E-state index in [4.69, 9.17) is 4.74 Å². The number of hydrogen-bond acceptors (Lipinski definition) is 6. The highest BCUT2D eigenvalue weighted by Gasteiger charge is 2.43. The van der Waals surface area contributed by atoms with Gasteiger partial charge >= 0.3 is 0 Å². The van der Waals surface area contributed by atoms with Gasteiger partial charge in [0.25, 0.3) is 0 Å². The Bertz CT molecular complexity index is 767. The Balaban J connectivity index is 1.56. The third-order valence-corrected chi connectivity index (χ3v) is 7.05. The summed E-state index contributed by atoms with van der Waals surface area (Å²) in [5.74, 6) is 1.06. The van der Waals surface area contributed by atoms with Crippen molar-refractivity contribution < 1.29 is 9.84 Å². The minimum atomic E-state index is -0.224. The number of aliphatic hydroxyl groups is 1. The summed E-state index contributed by atoms with van der Waals surface area (Å²) >= 11 is 1.75. The molecule has 136 valence electrons. The van der Waals surface area contributed by atoms with Crippen molar-refractivity contribution in [2.24, 2.45) is 0 Å². The lowest BCUT2D eigenvalue weighted by Crippen LogP contribution is -2.53. The van der Waals surface area contributed by atoms with Crippen molar-refractivity contribution in [3.8, 4) is 0 Å². The van der Waals surface area contributed by atoms with Gasteiger partial charge < -0.3 is 14.7 Å². The van der Waals surface area contributed by atoms with Crippen LogP contribution in [0.1, 0.15) is 49.5 Å². The van der Waals surface area contributed by atoms with E-state index < -0.39 is 0 Å². The van der Waals surface area contributed by atoms with Crippen molar-refractivity contribution >= 4 is 27.4 Å². The lowest BCUT2D eigenvalue weighted by atomic mass is 9.81. The fourth-order valence-corrected chi connectivity index (χ4v) is 5.36. The Morgan fingerprint density at radius 2 is 2.08 bits per heavy atom. The largest absolute Gasteiger partial charge is 0.393 e. The van der Waals surface area contributed by atoms with Gasteiger partial charge in [0.05, 0.1) is 23.2 Å². The molecule has 2 aromatic heterocycles. The third-order valence-electron chi connectivity index (χ3n) is 5.93. The second-order valence-corrected chi connectivity index (χ2v) is 8.78. The molecular weight excluding hydrogens is 334 g/mol. The predicted octanol–water partition coefficient (Wildman–Crippen LogP) is 3.60. The summed E-state index contributed by atoms with van der Waals surface area (Å²) < 4.78 is 6.42. The summed E-state index contributed by atoms with van der Waals surface area (Å²) in [6.45, 7) is 8.30. The van der Waals surface area contributed by atoms with Gasteiger partial charge in [-0.2, -0.15) is 0 Å². The molecule has 0 aromatic carbocycles. The van der Waals surface area contributed by atoms with Crippen molar-refractivity contribution in [2.45, 2.75) is 70.7 Å². The quantitative estimate of drug-likeness (QED) is 0.886. The Hall–Kier alpha value is -1.24. The molecule has 2 atom stereocenters. The standard InChI is InChI=1S/C19H27N3O2S/c1-4-15-9-14(23)10-19(24-15)5-7-22(8-6-19)17-16-12(2)13(3)25-18(16)21-11-20-17/h11,14-15,23H,4-10H2,1-3H3/t14-,15+/m1/s1. The van der Waals surface area contributed by atoms with Crippen LogP contribution in [0.4, 0.5) is 5.82 Å². The molecule has 0 amide bonds. The molecule has 2 aliphatic rings. The first kappa shape index (κ1) is 17.2. The lowest BCUT2D eigenvalue weighted by Gasteiger charge is -2.48. The van der Waals surface area contributed by atoms with Gasteiger partial charge in [-0.15, -0.1) is 11.3 Å². The van der Waals surface area contributed by atoms with Crippen LogP contribution in [0.25, 0.3) is 10.2 Å². The first-order chi connectivity index (χ1) is 12.0. The highest BCUT2D eigenvalue weighted by atomic mass is 32.1. The van der Waals surface area contributed by atoms with E-state index in [0.29, 0.717) is 0 Å². The number of aryl methyl sites for hydroxylation is 2. The zero-order chi connectivity index (χ0) is 17.6. The van der Waals surface area contributed by atoms with Gasteiger partial charge in [0.15, 0.2) is 0 Å². The van der Waals surface area contributed by atoms with Gasteiger partial charge in [-0.1, -0.05) is 6.92 Å². The smallest absolute Gasteiger partial charge is 0.141 e. The zero-order valence-corrected chi connectivity index (χ0v) is 16.1. The topological polar surface area (TPSA) is 58.5 Å². The SMILES string of the molecule is CC[C@H]1C[C@@H](O)CC2(CCN(c3ncnc4sc(C)c(C)c34)CC2)O1. The average Bonchev–Trinajstić information content (AvgIpc) is 2.89. The predicted molar refractivity (Wildman–Crippen MR) is 101 cm³/mol. The molecule has 2 fully saturated rings. The molecule has 2 aliphatic heterocycles. The molecule has 5 nitrogen and oxygen atoms in total. The van der Waals surface area contributed by atoms with E-state index in [1.807, 2.05) is 0 Å². The molecule has 4 heterocycles. The van der Waals surface area contributed by atoms with Crippen molar-refractivity contribution in [1.29, 1.82) is 0 Å². The Morgan fingerprint density at radius 3 is 2.80 bits per heavy atom. The fraction of sp³-hybridized carbons (Fsp3) is 0.684. The first-order valence-electron chi connectivity index (χ1n) is 9.33. The molecule has 0 bridgehead atoms. The van der Waals surface area contributed by atoms with Crippen LogP contribution in [-0.2, 0) is 4.74 Å². The first-order valence-corrected chi connectivity index (χ1v) is 10.1. The van der Waals surface area contributed by atoms with E-state index in [9.17, 15) is 5.11 Å². The molecule has 4 rings (SSSR count). The second-order valence-electron chi connectivity index (χ2n) is 7.57. The molecule has 0 unspecified atom stereocenters. The van der Waals surface area contributed by atoms with Gasteiger partial charge in [-0.25, -0.2) is 9.97 Å². The van der Waals surface area contributed by atoms with Crippen LogP contribution in [0.3, 0.4) is 0 Å². The van der Waals surface area contributed by atoms with E-state index >= 15 is 0 Å². The number of aromatic nitrogens is 2. The van der Waals surface area contributed by atoms with E-state index in [1.54, 1.807) is 17.7 Å². The van der Waals surface area contributed by atoms with Crippen LogP contribution in [0.15, 0.2) is 6.33 Å². The monoisotopic (exact) mass is 361 g/mol. The maximum Gasteiger partial charge on any atom is 0.141 e. The van der Waals surface area contributed by atoms with Gasteiger partial charge in [-0.05, 0) is 45.1 Å². The number of fused-ring (bicyclic) bond motifs is 1. The number of piperidine rings is 1. The van der Waals surface area contributed by atoms with Gasteiger partial charge in [0.1, 0.15) is 17.0 Å². The number of rotatable bonds is 2. The van der Waals surface area contributed by atoms with E-state index in [1.165, 1.54) is 15.8 Å². The number of ether oxygens (including phenoxy) is 1. The molecular formula is C19H27N3O2S. The van der Waals surface area contributed by atoms with E-state index in [0.717, 1.165) is 55.8 Å².